The van der Waals surface area contributed by atoms with Crippen LogP contribution in [0.1, 0.15) is 25.3 Å². The molecule has 3 atom stereocenters. The van der Waals surface area contributed by atoms with E-state index in [-0.39, 0.29) is 0 Å². The Balaban J connectivity index is 1.78. The van der Waals surface area contributed by atoms with Crippen molar-refractivity contribution in [3.8, 4) is 0 Å². The van der Waals surface area contributed by atoms with E-state index in [1.807, 2.05) is 11.0 Å². The fourth-order valence-corrected chi connectivity index (χ4v) is 2.36. The van der Waals surface area contributed by atoms with Crippen molar-refractivity contribution < 1.29 is 0 Å². The SMILES string of the molecule is c1ncn(C2C[C@@H]3C[C@H](C2)N3)n1. The van der Waals surface area contributed by atoms with Crippen LogP contribution >= 0.6 is 0 Å². The van der Waals surface area contributed by atoms with Crippen LogP contribution < -0.4 is 5.32 Å². The molecule has 0 spiro atoms. The molecule has 3 heterocycles. The third-order valence-electron chi connectivity index (χ3n) is 2.96. The van der Waals surface area contributed by atoms with Gasteiger partial charge in [0.05, 0.1) is 6.04 Å². The van der Waals surface area contributed by atoms with Gasteiger partial charge in [0.15, 0.2) is 0 Å². The number of hydrogen-bond donors (Lipinski definition) is 1. The average molecular weight is 164 g/mol. The highest BCUT2D eigenvalue weighted by Gasteiger charge is 2.38. The highest BCUT2D eigenvalue weighted by Crippen LogP contribution is 2.34. The Morgan fingerprint density at radius 1 is 1.25 bits per heavy atom. The van der Waals surface area contributed by atoms with Crippen molar-refractivity contribution in [2.75, 3.05) is 0 Å². The summed E-state index contributed by atoms with van der Waals surface area (Å²) in [5.41, 5.74) is 0. The zero-order valence-electron chi connectivity index (χ0n) is 6.85. The summed E-state index contributed by atoms with van der Waals surface area (Å²) in [5, 5.41) is 7.68. The lowest BCUT2D eigenvalue weighted by Crippen LogP contribution is -2.58. The fourth-order valence-electron chi connectivity index (χ4n) is 2.36. The van der Waals surface area contributed by atoms with Gasteiger partial charge in [-0.15, -0.1) is 0 Å². The van der Waals surface area contributed by atoms with Crippen molar-refractivity contribution in [2.45, 2.75) is 37.4 Å². The lowest BCUT2D eigenvalue weighted by molar-refractivity contribution is 0.125. The molecule has 0 amide bonds. The molecule has 3 fully saturated rings. The molecule has 0 aromatic carbocycles. The minimum absolute atomic E-state index is 0.595. The topological polar surface area (TPSA) is 42.7 Å². The van der Waals surface area contributed by atoms with Crippen LogP contribution in [0.25, 0.3) is 0 Å². The van der Waals surface area contributed by atoms with Crippen LogP contribution in [0.4, 0.5) is 0 Å². The van der Waals surface area contributed by atoms with E-state index < -0.39 is 0 Å². The van der Waals surface area contributed by atoms with E-state index in [0.29, 0.717) is 6.04 Å². The van der Waals surface area contributed by atoms with E-state index in [1.54, 1.807) is 6.33 Å². The van der Waals surface area contributed by atoms with E-state index in [4.69, 9.17) is 0 Å². The van der Waals surface area contributed by atoms with Gasteiger partial charge in [0.2, 0.25) is 0 Å². The second-order valence-electron chi connectivity index (χ2n) is 3.80. The molecule has 64 valence electrons. The van der Waals surface area contributed by atoms with Crippen molar-refractivity contribution in [1.29, 1.82) is 0 Å². The molecule has 1 unspecified atom stereocenters. The highest BCUT2D eigenvalue weighted by atomic mass is 15.3. The number of aromatic nitrogens is 3. The van der Waals surface area contributed by atoms with Crippen molar-refractivity contribution in [3.63, 3.8) is 0 Å². The monoisotopic (exact) mass is 164 g/mol. The van der Waals surface area contributed by atoms with E-state index >= 15 is 0 Å². The first kappa shape index (κ1) is 6.60. The minimum atomic E-state index is 0.595. The van der Waals surface area contributed by atoms with Gasteiger partial charge in [0.25, 0.3) is 0 Å². The fraction of sp³-hybridized carbons (Fsp3) is 0.750. The van der Waals surface area contributed by atoms with Gasteiger partial charge < -0.3 is 5.32 Å². The Morgan fingerprint density at radius 2 is 2.00 bits per heavy atom. The number of rotatable bonds is 1. The molecule has 4 nitrogen and oxygen atoms in total. The predicted molar refractivity (Wildman–Crippen MR) is 43.6 cm³/mol. The molecule has 2 saturated heterocycles. The average Bonchev–Trinajstić information content (AvgIpc) is 2.55. The first-order chi connectivity index (χ1) is 5.92. The molecule has 1 N–H and O–H groups in total. The summed E-state index contributed by atoms with van der Waals surface area (Å²) in [5.74, 6) is 0. The van der Waals surface area contributed by atoms with Crippen LogP contribution in [-0.2, 0) is 0 Å². The van der Waals surface area contributed by atoms with Gasteiger partial charge in [-0.25, -0.2) is 9.67 Å². The van der Waals surface area contributed by atoms with Gasteiger partial charge >= 0.3 is 0 Å². The molecule has 4 rings (SSSR count). The normalized spacial score (nSPS) is 39.2. The minimum Gasteiger partial charge on any atom is -0.311 e. The van der Waals surface area contributed by atoms with Crippen LogP contribution in [0.5, 0.6) is 0 Å². The van der Waals surface area contributed by atoms with Gasteiger partial charge in [-0.3, -0.25) is 0 Å². The van der Waals surface area contributed by atoms with Crippen LogP contribution in [0, 0.1) is 0 Å². The van der Waals surface area contributed by atoms with Gasteiger partial charge in [0.1, 0.15) is 12.7 Å². The van der Waals surface area contributed by atoms with Gasteiger partial charge in [-0.1, -0.05) is 0 Å². The molecule has 12 heavy (non-hydrogen) atoms. The Hall–Kier alpha value is -0.900. The van der Waals surface area contributed by atoms with Crippen LogP contribution in [0.15, 0.2) is 12.7 Å². The van der Waals surface area contributed by atoms with Crippen molar-refractivity contribution >= 4 is 0 Å². The van der Waals surface area contributed by atoms with Gasteiger partial charge in [0, 0.05) is 12.1 Å². The van der Waals surface area contributed by atoms with Gasteiger partial charge in [-0.2, -0.15) is 5.10 Å². The first-order valence-electron chi connectivity index (χ1n) is 4.52. The Morgan fingerprint density at radius 3 is 2.58 bits per heavy atom. The Bertz CT molecular complexity index is 253. The number of nitrogens with zero attached hydrogens (tertiary/aromatic N) is 3. The maximum absolute atomic E-state index is 4.17. The molecule has 1 aliphatic carbocycles. The van der Waals surface area contributed by atoms with E-state index in [0.717, 1.165) is 12.1 Å². The van der Waals surface area contributed by atoms with Crippen LogP contribution in [-0.4, -0.2) is 26.8 Å². The van der Waals surface area contributed by atoms with E-state index in [9.17, 15) is 0 Å². The summed E-state index contributed by atoms with van der Waals surface area (Å²) in [4.78, 5) is 3.97. The highest BCUT2D eigenvalue weighted by molar-refractivity contribution is 4.98. The summed E-state index contributed by atoms with van der Waals surface area (Å²) in [6.45, 7) is 0. The maximum Gasteiger partial charge on any atom is 0.137 e. The van der Waals surface area contributed by atoms with E-state index in [1.165, 1.54) is 19.3 Å². The molecule has 1 aromatic heterocycles. The zero-order valence-corrected chi connectivity index (χ0v) is 6.85. The molecule has 1 aromatic rings. The summed E-state index contributed by atoms with van der Waals surface area (Å²) >= 11 is 0. The number of piperidine rings is 1. The smallest absolute Gasteiger partial charge is 0.137 e. The maximum atomic E-state index is 4.17. The molecule has 3 aliphatic rings. The molecule has 1 saturated carbocycles. The third-order valence-corrected chi connectivity index (χ3v) is 2.96. The summed E-state index contributed by atoms with van der Waals surface area (Å²) in [6.07, 6.45) is 7.26. The second-order valence-corrected chi connectivity index (χ2v) is 3.80. The number of nitrogens with one attached hydrogen (secondary N) is 1. The predicted octanol–water partition coefficient (Wildman–Crippen LogP) is 0.343. The molecular formula is C8H12N4. The molecule has 2 aliphatic heterocycles. The van der Waals surface area contributed by atoms with Gasteiger partial charge in [-0.05, 0) is 19.3 Å². The quantitative estimate of drug-likeness (QED) is 0.651. The first-order valence-corrected chi connectivity index (χ1v) is 4.52. The molecular weight excluding hydrogens is 152 g/mol. The van der Waals surface area contributed by atoms with Crippen molar-refractivity contribution in [2.24, 2.45) is 0 Å². The van der Waals surface area contributed by atoms with Crippen LogP contribution in [0.2, 0.25) is 0 Å². The van der Waals surface area contributed by atoms with E-state index in [2.05, 4.69) is 15.4 Å². The summed E-state index contributed by atoms with van der Waals surface area (Å²) in [6, 6.07) is 2.09. The summed E-state index contributed by atoms with van der Waals surface area (Å²) in [7, 11) is 0. The molecule has 0 radical (unpaired) electrons. The molecule has 2 bridgehead atoms. The number of hydrogen-bond acceptors (Lipinski definition) is 3. The zero-order chi connectivity index (χ0) is 7.97. The van der Waals surface area contributed by atoms with Crippen molar-refractivity contribution in [1.82, 2.24) is 20.1 Å². The Labute approximate surface area is 71.0 Å². The Kier molecular flexibility index (Phi) is 1.26. The standard InChI is InChI=1S/C8H12N4/c1-6-2-8(3-7(1)11-6)12-5-9-4-10-12/h4-8,11H,1-3H2/t6-,7+,8?. The van der Waals surface area contributed by atoms with Crippen molar-refractivity contribution in [3.05, 3.63) is 12.7 Å². The summed E-state index contributed by atoms with van der Waals surface area (Å²) < 4.78 is 2.00. The largest absolute Gasteiger partial charge is 0.311 e. The second kappa shape index (κ2) is 2.29. The lowest BCUT2D eigenvalue weighted by Gasteiger charge is -2.46. The van der Waals surface area contributed by atoms with Crippen LogP contribution in [0.3, 0.4) is 0 Å². The third kappa shape index (κ3) is 0.876. The number of fused-ring (bicyclic) bond motifs is 2. The lowest BCUT2D eigenvalue weighted by atomic mass is 9.80. The molecule has 4 heteroatoms.